The minimum absolute atomic E-state index is 0.204. The summed E-state index contributed by atoms with van der Waals surface area (Å²) < 4.78 is 21.0. The van der Waals surface area contributed by atoms with Crippen LogP contribution in [0.2, 0.25) is 0 Å². The van der Waals surface area contributed by atoms with Crippen molar-refractivity contribution in [3.63, 3.8) is 0 Å². The molecule has 0 fully saturated rings. The average Bonchev–Trinajstić information content (AvgIpc) is 3.16. The number of ether oxygens (including phenoxy) is 1. The molecule has 0 bridgehead atoms. The number of aromatic nitrogens is 4. The van der Waals surface area contributed by atoms with Gasteiger partial charge in [0, 0.05) is 0 Å². The third-order valence-corrected chi connectivity index (χ3v) is 4.21. The molecule has 146 valence electrons. The molecule has 0 saturated carbocycles. The monoisotopic (exact) mass is 393 g/mol. The van der Waals surface area contributed by atoms with Gasteiger partial charge in [-0.15, -0.1) is 0 Å². The zero-order valence-electron chi connectivity index (χ0n) is 15.4. The lowest BCUT2D eigenvalue weighted by Crippen LogP contribution is -2.33. The summed E-state index contributed by atoms with van der Waals surface area (Å²) >= 11 is 0. The fraction of sp³-hybridized carbons (Fsp3) is 0.100. The average molecular weight is 393 g/mol. The molecule has 0 saturated heterocycles. The summed E-state index contributed by atoms with van der Waals surface area (Å²) in [5.74, 6) is -0.475. The first kappa shape index (κ1) is 18.4. The minimum atomic E-state index is -0.511. The number of nitrogens with one attached hydrogen (secondary N) is 1. The van der Waals surface area contributed by atoms with E-state index < -0.39 is 11.5 Å². The lowest BCUT2D eigenvalue weighted by atomic mass is 10.2. The molecule has 4 aromatic rings. The Kier molecular flexibility index (Phi) is 4.78. The topological polar surface area (TPSA) is 91.0 Å². The van der Waals surface area contributed by atoms with Crippen molar-refractivity contribution in [1.82, 2.24) is 19.4 Å². The number of hydrogen-bond donors (Lipinski definition) is 1. The summed E-state index contributed by atoms with van der Waals surface area (Å²) in [6.07, 6.45) is 2.55. The fourth-order valence-electron chi connectivity index (χ4n) is 2.87. The van der Waals surface area contributed by atoms with E-state index in [0.717, 1.165) is 4.68 Å². The van der Waals surface area contributed by atoms with E-state index in [9.17, 15) is 14.0 Å². The van der Waals surface area contributed by atoms with E-state index in [0.29, 0.717) is 29.3 Å². The standard InChI is InChI=1S/C20H16FN5O3/c1-2-29-17-6-4-3-5-15(17)19(27)24-25-12-22-18-16(20(25)28)11-23-26(18)14-9-7-13(21)8-10-14/h3-12H,2H2,1H3,(H,24,27). The van der Waals surface area contributed by atoms with Crippen molar-refractivity contribution in [2.24, 2.45) is 0 Å². The SMILES string of the molecule is CCOc1ccccc1C(=O)Nn1cnc2c(cnn2-c2ccc(F)cc2)c1=O. The number of fused-ring (bicyclic) bond motifs is 1. The van der Waals surface area contributed by atoms with Crippen LogP contribution in [0.3, 0.4) is 0 Å². The second-order valence-electron chi connectivity index (χ2n) is 6.06. The maximum absolute atomic E-state index is 13.1. The Bertz CT molecular complexity index is 1250. The van der Waals surface area contributed by atoms with Crippen LogP contribution in [0, 0.1) is 5.82 Å². The summed E-state index contributed by atoms with van der Waals surface area (Å²) in [6, 6.07) is 12.4. The number of nitrogens with zero attached hydrogens (tertiary/aromatic N) is 4. The van der Waals surface area contributed by atoms with E-state index in [1.54, 1.807) is 24.3 Å². The van der Waals surface area contributed by atoms with Crippen LogP contribution in [0.4, 0.5) is 4.39 Å². The number of hydrogen-bond acceptors (Lipinski definition) is 5. The van der Waals surface area contributed by atoms with Crippen LogP contribution in [0.25, 0.3) is 16.7 Å². The predicted molar refractivity (Wildman–Crippen MR) is 104 cm³/mol. The lowest BCUT2D eigenvalue weighted by Gasteiger charge is -2.11. The number of halogens is 1. The highest BCUT2D eigenvalue weighted by molar-refractivity contribution is 6.02. The van der Waals surface area contributed by atoms with Gasteiger partial charge in [-0.1, -0.05) is 12.1 Å². The Balaban J connectivity index is 1.68. The molecule has 9 heteroatoms. The van der Waals surface area contributed by atoms with E-state index in [2.05, 4.69) is 15.5 Å². The van der Waals surface area contributed by atoms with E-state index in [1.807, 2.05) is 6.92 Å². The molecule has 2 heterocycles. The largest absolute Gasteiger partial charge is 0.493 e. The molecule has 0 radical (unpaired) electrons. The van der Waals surface area contributed by atoms with E-state index >= 15 is 0 Å². The van der Waals surface area contributed by atoms with Gasteiger partial charge in [0.15, 0.2) is 5.65 Å². The van der Waals surface area contributed by atoms with Gasteiger partial charge in [-0.3, -0.25) is 15.0 Å². The normalized spacial score (nSPS) is 10.8. The summed E-state index contributed by atoms with van der Waals surface area (Å²) in [7, 11) is 0. The molecule has 0 unspecified atom stereocenters. The van der Waals surface area contributed by atoms with Gasteiger partial charge < -0.3 is 4.74 Å². The zero-order valence-corrected chi connectivity index (χ0v) is 15.4. The highest BCUT2D eigenvalue weighted by Gasteiger charge is 2.16. The van der Waals surface area contributed by atoms with Crippen LogP contribution in [0.5, 0.6) is 5.75 Å². The Labute approximate surface area is 164 Å². The van der Waals surface area contributed by atoms with Gasteiger partial charge in [0.05, 0.1) is 24.1 Å². The van der Waals surface area contributed by atoms with Crippen molar-refractivity contribution in [3.05, 3.63) is 82.8 Å². The Morgan fingerprint density at radius 1 is 1.17 bits per heavy atom. The van der Waals surface area contributed by atoms with Gasteiger partial charge >= 0.3 is 0 Å². The Hall–Kier alpha value is -4.01. The van der Waals surface area contributed by atoms with Crippen LogP contribution in [0.1, 0.15) is 17.3 Å². The van der Waals surface area contributed by atoms with E-state index in [-0.39, 0.29) is 11.2 Å². The zero-order chi connectivity index (χ0) is 20.4. The molecule has 4 rings (SSSR count). The molecule has 1 amide bonds. The molecule has 0 spiro atoms. The van der Waals surface area contributed by atoms with Crippen molar-refractivity contribution in [1.29, 1.82) is 0 Å². The van der Waals surface area contributed by atoms with Gasteiger partial charge in [-0.05, 0) is 43.3 Å². The molecular formula is C20H16FN5O3. The highest BCUT2D eigenvalue weighted by Crippen LogP contribution is 2.18. The van der Waals surface area contributed by atoms with Crippen molar-refractivity contribution >= 4 is 16.9 Å². The number of benzene rings is 2. The third-order valence-electron chi connectivity index (χ3n) is 4.21. The van der Waals surface area contributed by atoms with Gasteiger partial charge in [0.1, 0.15) is 23.3 Å². The van der Waals surface area contributed by atoms with Crippen LogP contribution in [0.15, 0.2) is 65.8 Å². The van der Waals surface area contributed by atoms with Crippen molar-refractivity contribution in [3.8, 4) is 11.4 Å². The Morgan fingerprint density at radius 2 is 1.93 bits per heavy atom. The maximum Gasteiger partial charge on any atom is 0.283 e. The highest BCUT2D eigenvalue weighted by atomic mass is 19.1. The number of carbonyl (C=O) groups excluding carboxylic acids is 1. The number of carbonyl (C=O) groups is 1. The molecule has 0 aliphatic carbocycles. The first-order valence-electron chi connectivity index (χ1n) is 8.83. The lowest BCUT2D eigenvalue weighted by molar-refractivity contribution is 0.100. The first-order chi connectivity index (χ1) is 14.1. The number of amides is 1. The van der Waals surface area contributed by atoms with Crippen molar-refractivity contribution in [2.45, 2.75) is 6.92 Å². The molecule has 8 nitrogen and oxygen atoms in total. The van der Waals surface area contributed by atoms with E-state index in [1.165, 1.54) is 41.5 Å². The quantitative estimate of drug-likeness (QED) is 0.563. The van der Waals surface area contributed by atoms with Gasteiger partial charge in [-0.2, -0.15) is 5.10 Å². The van der Waals surface area contributed by atoms with Crippen LogP contribution >= 0.6 is 0 Å². The number of para-hydroxylation sites is 1. The maximum atomic E-state index is 13.1. The molecule has 29 heavy (non-hydrogen) atoms. The van der Waals surface area contributed by atoms with E-state index in [4.69, 9.17) is 4.74 Å². The smallest absolute Gasteiger partial charge is 0.283 e. The molecule has 0 aliphatic rings. The fourth-order valence-corrected chi connectivity index (χ4v) is 2.87. The van der Waals surface area contributed by atoms with Crippen LogP contribution in [-0.4, -0.2) is 32.0 Å². The van der Waals surface area contributed by atoms with Gasteiger partial charge in [0.25, 0.3) is 11.5 Å². The summed E-state index contributed by atoms with van der Waals surface area (Å²) in [4.78, 5) is 29.6. The molecule has 2 aromatic heterocycles. The van der Waals surface area contributed by atoms with Crippen molar-refractivity contribution in [2.75, 3.05) is 12.0 Å². The predicted octanol–water partition coefficient (Wildman–Crippen LogP) is 2.50. The minimum Gasteiger partial charge on any atom is -0.493 e. The Morgan fingerprint density at radius 3 is 2.69 bits per heavy atom. The molecular weight excluding hydrogens is 377 g/mol. The molecule has 1 N–H and O–H groups in total. The third kappa shape index (κ3) is 3.45. The molecule has 0 aliphatic heterocycles. The van der Waals surface area contributed by atoms with Gasteiger partial charge in [0.2, 0.25) is 0 Å². The molecule has 0 atom stereocenters. The summed E-state index contributed by atoms with van der Waals surface area (Å²) in [6.45, 7) is 2.22. The summed E-state index contributed by atoms with van der Waals surface area (Å²) in [5.41, 5.74) is 3.16. The second-order valence-corrected chi connectivity index (χ2v) is 6.06. The first-order valence-corrected chi connectivity index (χ1v) is 8.83. The second kappa shape index (κ2) is 7.55. The van der Waals surface area contributed by atoms with Crippen LogP contribution in [-0.2, 0) is 0 Å². The summed E-state index contributed by atoms with van der Waals surface area (Å²) in [5, 5.41) is 4.36. The molecule has 2 aromatic carbocycles. The number of rotatable bonds is 5. The van der Waals surface area contributed by atoms with Gasteiger partial charge in [-0.25, -0.2) is 18.7 Å². The van der Waals surface area contributed by atoms with Crippen molar-refractivity contribution < 1.29 is 13.9 Å². The van der Waals surface area contributed by atoms with Crippen LogP contribution < -0.4 is 15.7 Å².